The zero-order chi connectivity index (χ0) is 18.1. The molecule has 0 aromatic heterocycles. The molecule has 1 aromatic carbocycles. The average Bonchev–Trinajstić information content (AvgIpc) is 2.85. The highest BCUT2D eigenvalue weighted by Crippen LogP contribution is 2.56. The predicted octanol–water partition coefficient (Wildman–Crippen LogP) is 3.78. The van der Waals surface area contributed by atoms with Gasteiger partial charge in [0.25, 0.3) is 0 Å². The van der Waals surface area contributed by atoms with Crippen molar-refractivity contribution in [3.8, 4) is 6.07 Å². The molecule has 4 bridgehead atoms. The van der Waals surface area contributed by atoms with Crippen molar-refractivity contribution >= 4 is 27.6 Å². The normalized spacial score (nSPS) is 39.5. The standard InChI is InChI=1S/C21H21BrN2O2/c22-16-1-2-17-15(6-16)10-21(11-23,18(17)25)19(26)24-20-7-12-3-13(8-20)5-14(4-12)9-20/h1-2,6,12-14H,3-5,7-10H2,(H,24,26)/t12?,13?,14?,20?,21-/m0/s1. The van der Waals surface area contributed by atoms with Crippen LogP contribution in [0.1, 0.15) is 54.4 Å². The number of nitrogens with zero attached hydrogens (tertiary/aromatic N) is 1. The molecule has 6 rings (SSSR count). The molecule has 1 atom stereocenters. The molecule has 26 heavy (non-hydrogen) atoms. The van der Waals surface area contributed by atoms with Gasteiger partial charge in [-0.1, -0.05) is 15.9 Å². The second kappa shape index (κ2) is 5.42. The summed E-state index contributed by atoms with van der Waals surface area (Å²) in [5.74, 6) is 1.38. The summed E-state index contributed by atoms with van der Waals surface area (Å²) in [5, 5.41) is 13.1. The molecule has 1 aromatic rings. The zero-order valence-corrected chi connectivity index (χ0v) is 16.1. The Morgan fingerprint density at radius 2 is 1.77 bits per heavy atom. The van der Waals surface area contributed by atoms with E-state index >= 15 is 0 Å². The van der Waals surface area contributed by atoms with E-state index in [1.807, 2.05) is 6.07 Å². The quantitative estimate of drug-likeness (QED) is 0.751. The number of carbonyl (C=O) groups excluding carboxylic acids is 2. The molecule has 5 aliphatic carbocycles. The van der Waals surface area contributed by atoms with Gasteiger partial charge in [0.05, 0.1) is 6.07 Å². The minimum absolute atomic E-state index is 0.176. The largest absolute Gasteiger partial charge is 0.349 e. The highest BCUT2D eigenvalue weighted by atomic mass is 79.9. The van der Waals surface area contributed by atoms with E-state index in [2.05, 4.69) is 27.3 Å². The fraction of sp³-hybridized carbons (Fsp3) is 0.571. The number of nitriles is 1. The number of rotatable bonds is 2. The Labute approximate surface area is 161 Å². The Kier molecular flexibility index (Phi) is 3.44. The molecular formula is C21H21BrN2O2. The summed E-state index contributed by atoms with van der Waals surface area (Å²) < 4.78 is 0.860. The number of ketones is 1. The van der Waals surface area contributed by atoms with E-state index in [0.717, 1.165) is 29.3 Å². The molecule has 0 aliphatic heterocycles. The molecule has 134 valence electrons. The SMILES string of the molecule is N#C[C@@]1(C(=O)NC23CC4CC(CC(C4)C2)C3)Cc2cc(Br)ccc2C1=O. The lowest BCUT2D eigenvalue weighted by molar-refractivity contribution is -0.131. The summed E-state index contributed by atoms with van der Waals surface area (Å²) in [5.41, 5.74) is -0.500. The van der Waals surface area contributed by atoms with E-state index in [4.69, 9.17) is 0 Å². The number of halogens is 1. The van der Waals surface area contributed by atoms with E-state index < -0.39 is 5.41 Å². The van der Waals surface area contributed by atoms with Crippen LogP contribution in [-0.2, 0) is 11.2 Å². The molecule has 5 aliphatic rings. The molecular weight excluding hydrogens is 392 g/mol. The maximum absolute atomic E-state index is 13.3. The van der Waals surface area contributed by atoms with Gasteiger partial charge in [-0.05, 0) is 80.0 Å². The number of fused-ring (bicyclic) bond motifs is 1. The molecule has 4 saturated carbocycles. The van der Waals surface area contributed by atoms with Crippen molar-refractivity contribution in [3.63, 3.8) is 0 Å². The smallest absolute Gasteiger partial charge is 0.249 e. The van der Waals surface area contributed by atoms with Crippen LogP contribution in [0, 0.1) is 34.5 Å². The van der Waals surface area contributed by atoms with Gasteiger partial charge < -0.3 is 5.32 Å². The summed E-state index contributed by atoms with van der Waals surface area (Å²) in [7, 11) is 0. The van der Waals surface area contributed by atoms with Crippen molar-refractivity contribution in [1.29, 1.82) is 5.26 Å². The number of carbonyl (C=O) groups is 2. The lowest BCUT2D eigenvalue weighted by Crippen LogP contribution is -2.62. The number of benzene rings is 1. The summed E-state index contributed by atoms with van der Waals surface area (Å²) in [4.78, 5) is 26.3. The molecule has 4 fully saturated rings. The number of hydrogen-bond donors (Lipinski definition) is 1. The summed E-state index contributed by atoms with van der Waals surface area (Å²) in [6.45, 7) is 0. The van der Waals surface area contributed by atoms with E-state index in [1.165, 1.54) is 19.3 Å². The second-order valence-corrected chi connectivity index (χ2v) is 9.89. The molecule has 1 N–H and O–H groups in total. The molecule has 1 amide bonds. The topological polar surface area (TPSA) is 70.0 Å². The van der Waals surface area contributed by atoms with Crippen LogP contribution in [-0.4, -0.2) is 17.2 Å². The minimum atomic E-state index is -1.60. The van der Waals surface area contributed by atoms with Crippen LogP contribution in [0.15, 0.2) is 22.7 Å². The first-order chi connectivity index (χ1) is 12.4. The molecule has 4 nitrogen and oxygen atoms in total. The highest BCUT2D eigenvalue weighted by Gasteiger charge is 2.57. The van der Waals surface area contributed by atoms with Gasteiger partial charge in [-0.2, -0.15) is 5.26 Å². The van der Waals surface area contributed by atoms with E-state index in [1.54, 1.807) is 12.1 Å². The van der Waals surface area contributed by atoms with Gasteiger partial charge >= 0.3 is 0 Å². The van der Waals surface area contributed by atoms with Gasteiger partial charge in [0.1, 0.15) is 0 Å². The van der Waals surface area contributed by atoms with Gasteiger partial charge in [0.2, 0.25) is 11.3 Å². The first-order valence-corrected chi connectivity index (χ1v) is 10.3. The van der Waals surface area contributed by atoms with Crippen molar-refractivity contribution in [2.24, 2.45) is 23.2 Å². The molecule has 0 saturated heterocycles. The second-order valence-electron chi connectivity index (χ2n) is 8.98. The third-order valence-electron chi connectivity index (χ3n) is 7.15. The monoisotopic (exact) mass is 412 g/mol. The van der Waals surface area contributed by atoms with Crippen LogP contribution < -0.4 is 5.32 Å². The lowest BCUT2D eigenvalue weighted by Gasteiger charge is -2.57. The van der Waals surface area contributed by atoms with Gasteiger partial charge in [-0.3, -0.25) is 9.59 Å². The van der Waals surface area contributed by atoms with Gasteiger partial charge in [-0.25, -0.2) is 0 Å². The van der Waals surface area contributed by atoms with Crippen molar-refractivity contribution in [3.05, 3.63) is 33.8 Å². The molecule has 0 spiro atoms. The number of Topliss-reactive ketones (excluding diaryl/α,β-unsaturated/α-hetero) is 1. The van der Waals surface area contributed by atoms with Crippen LogP contribution in [0.5, 0.6) is 0 Å². The Hall–Kier alpha value is -1.67. The Bertz CT molecular complexity index is 836. The number of hydrogen-bond acceptors (Lipinski definition) is 3. The van der Waals surface area contributed by atoms with Crippen molar-refractivity contribution < 1.29 is 9.59 Å². The Balaban J connectivity index is 1.45. The first kappa shape index (κ1) is 16.5. The van der Waals surface area contributed by atoms with Crippen LogP contribution in [0.2, 0.25) is 0 Å². The van der Waals surface area contributed by atoms with Crippen LogP contribution in [0.4, 0.5) is 0 Å². The maximum Gasteiger partial charge on any atom is 0.249 e. The Morgan fingerprint density at radius 1 is 1.15 bits per heavy atom. The first-order valence-electron chi connectivity index (χ1n) is 9.50. The third-order valence-corrected chi connectivity index (χ3v) is 7.64. The number of nitrogens with one attached hydrogen (secondary N) is 1. The molecule has 5 heteroatoms. The Morgan fingerprint density at radius 3 is 2.35 bits per heavy atom. The van der Waals surface area contributed by atoms with Crippen LogP contribution in [0.25, 0.3) is 0 Å². The lowest BCUT2D eigenvalue weighted by atomic mass is 9.53. The molecule has 0 radical (unpaired) electrons. The fourth-order valence-corrected chi connectivity index (χ4v) is 6.87. The maximum atomic E-state index is 13.3. The third kappa shape index (κ3) is 2.24. The van der Waals surface area contributed by atoms with Gasteiger partial charge in [-0.15, -0.1) is 0 Å². The predicted molar refractivity (Wildman–Crippen MR) is 99.3 cm³/mol. The zero-order valence-electron chi connectivity index (χ0n) is 14.6. The van der Waals surface area contributed by atoms with Crippen LogP contribution >= 0.6 is 15.9 Å². The summed E-state index contributed by atoms with van der Waals surface area (Å²) >= 11 is 3.41. The average molecular weight is 413 g/mol. The van der Waals surface area contributed by atoms with Gasteiger partial charge in [0.15, 0.2) is 5.78 Å². The van der Waals surface area contributed by atoms with Crippen molar-refractivity contribution in [2.45, 2.75) is 50.5 Å². The fourth-order valence-electron chi connectivity index (χ4n) is 6.46. The molecule has 0 unspecified atom stereocenters. The number of amides is 1. The van der Waals surface area contributed by atoms with Crippen molar-refractivity contribution in [2.75, 3.05) is 0 Å². The molecule has 0 heterocycles. The highest BCUT2D eigenvalue weighted by molar-refractivity contribution is 9.10. The van der Waals surface area contributed by atoms with E-state index in [0.29, 0.717) is 23.3 Å². The van der Waals surface area contributed by atoms with Gasteiger partial charge in [0, 0.05) is 22.0 Å². The summed E-state index contributed by atoms with van der Waals surface area (Å²) in [6.07, 6.45) is 7.08. The van der Waals surface area contributed by atoms with E-state index in [9.17, 15) is 14.9 Å². The van der Waals surface area contributed by atoms with E-state index in [-0.39, 0.29) is 23.7 Å². The summed E-state index contributed by atoms with van der Waals surface area (Å²) in [6, 6.07) is 7.46. The van der Waals surface area contributed by atoms with Crippen LogP contribution in [0.3, 0.4) is 0 Å². The minimum Gasteiger partial charge on any atom is -0.349 e. The van der Waals surface area contributed by atoms with Crippen molar-refractivity contribution in [1.82, 2.24) is 5.32 Å².